The Morgan fingerprint density at radius 3 is 1.59 bits per heavy atom. The van der Waals surface area contributed by atoms with Gasteiger partial charge < -0.3 is 14.9 Å². The lowest BCUT2D eigenvalue weighted by Gasteiger charge is -2.20. The standard InChI is InChI=1S/C38H73NO4S/c1-5-9-12-15-17-18-19-20-22-25-30-42-37(40)29-32-44-31-28-35(36(39)8-4)38(41)43-33-34(26-23-14-11-7-3)27-24-21-16-13-10-6-2/h34-35,39H,5-33H2,1-4H3. The Labute approximate surface area is 278 Å². The quantitative estimate of drug-likeness (QED) is 0.0430. The molecule has 0 aliphatic heterocycles. The Morgan fingerprint density at radius 2 is 1.07 bits per heavy atom. The highest BCUT2D eigenvalue weighted by atomic mass is 32.2. The first-order valence-electron chi connectivity index (χ1n) is 19.0. The fourth-order valence-corrected chi connectivity index (χ4v) is 6.59. The van der Waals surface area contributed by atoms with Gasteiger partial charge in [-0.05, 0) is 43.8 Å². The van der Waals surface area contributed by atoms with E-state index < -0.39 is 5.92 Å². The predicted molar refractivity (Wildman–Crippen MR) is 192 cm³/mol. The van der Waals surface area contributed by atoms with Gasteiger partial charge in [0, 0.05) is 11.5 Å². The molecule has 0 aliphatic carbocycles. The maximum Gasteiger partial charge on any atom is 0.314 e. The maximum absolute atomic E-state index is 13.1. The first-order chi connectivity index (χ1) is 21.5. The number of ether oxygens (including phenoxy) is 2. The zero-order chi connectivity index (χ0) is 32.5. The van der Waals surface area contributed by atoms with Crippen molar-refractivity contribution in [3.05, 3.63) is 0 Å². The molecule has 0 heterocycles. The van der Waals surface area contributed by atoms with Gasteiger partial charge in [-0.1, -0.05) is 150 Å². The summed E-state index contributed by atoms with van der Waals surface area (Å²) < 4.78 is 11.3. The summed E-state index contributed by atoms with van der Waals surface area (Å²) in [7, 11) is 0. The Kier molecular flexibility index (Phi) is 32.5. The molecule has 0 radical (unpaired) electrons. The van der Waals surface area contributed by atoms with Crippen molar-refractivity contribution in [2.24, 2.45) is 11.8 Å². The molecule has 0 saturated heterocycles. The molecule has 0 aromatic rings. The van der Waals surface area contributed by atoms with Crippen LogP contribution in [0.3, 0.4) is 0 Å². The molecule has 0 rings (SSSR count). The molecule has 0 aromatic heterocycles. The van der Waals surface area contributed by atoms with E-state index in [-0.39, 0.29) is 11.9 Å². The molecule has 0 spiro atoms. The third-order valence-electron chi connectivity index (χ3n) is 8.74. The van der Waals surface area contributed by atoms with Gasteiger partial charge in [-0.2, -0.15) is 11.8 Å². The van der Waals surface area contributed by atoms with Crippen molar-refractivity contribution < 1.29 is 19.1 Å². The Morgan fingerprint density at radius 1 is 0.591 bits per heavy atom. The van der Waals surface area contributed by atoms with Crippen molar-refractivity contribution in [1.29, 1.82) is 5.41 Å². The van der Waals surface area contributed by atoms with E-state index in [1.54, 1.807) is 11.8 Å². The van der Waals surface area contributed by atoms with Crippen LogP contribution in [-0.4, -0.2) is 42.4 Å². The summed E-state index contributed by atoms with van der Waals surface area (Å²) >= 11 is 1.67. The van der Waals surface area contributed by atoms with Gasteiger partial charge in [0.05, 0.1) is 25.6 Å². The lowest BCUT2D eigenvalue weighted by Crippen LogP contribution is -2.28. The topological polar surface area (TPSA) is 76.5 Å². The summed E-state index contributed by atoms with van der Waals surface area (Å²) in [4.78, 5) is 25.2. The zero-order valence-corrected chi connectivity index (χ0v) is 30.5. The second kappa shape index (κ2) is 33.3. The van der Waals surface area contributed by atoms with Crippen LogP contribution >= 0.6 is 11.8 Å². The van der Waals surface area contributed by atoms with Crippen molar-refractivity contribution in [2.75, 3.05) is 24.7 Å². The van der Waals surface area contributed by atoms with Crippen LogP contribution in [0.15, 0.2) is 0 Å². The van der Waals surface area contributed by atoms with Crippen LogP contribution in [0, 0.1) is 17.2 Å². The molecule has 6 heteroatoms. The summed E-state index contributed by atoms with van der Waals surface area (Å²) in [6, 6.07) is 0. The molecule has 2 unspecified atom stereocenters. The van der Waals surface area contributed by atoms with Gasteiger partial charge in [0.2, 0.25) is 0 Å². The van der Waals surface area contributed by atoms with Gasteiger partial charge >= 0.3 is 11.9 Å². The number of nitrogens with one attached hydrogen (secondary N) is 1. The van der Waals surface area contributed by atoms with Gasteiger partial charge in [-0.15, -0.1) is 0 Å². The highest BCUT2D eigenvalue weighted by Gasteiger charge is 2.25. The van der Waals surface area contributed by atoms with Crippen molar-refractivity contribution in [2.45, 2.75) is 188 Å². The van der Waals surface area contributed by atoms with Crippen LogP contribution < -0.4 is 0 Å². The number of unbranched alkanes of at least 4 members (excludes halogenated alkanes) is 17. The Balaban J connectivity index is 4.24. The van der Waals surface area contributed by atoms with Crippen LogP contribution in [0.25, 0.3) is 0 Å². The molecule has 260 valence electrons. The maximum atomic E-state index is 13.1. The lowest BCUT2D eigenvalue weighted by molar-refractivity contribution is -0.148. The lowest BCUT2D eigenvalue weighted by atomic mass is 9.94. The van der Waals surface area contributed by atoms with E-state index in [4.69, 9.17) is 14.9 Å². The zero-order valence-electron chi connectivity index (χ0n) is 29.7. The fraction of sp³-hybridized carbons (Fsp3) is 0.921. The van der Waals surface area contributed by atoms with E-state index in [9.17, 15) is 9.59 Å². The van der Waals surface area contributed by atoms with Gasteiger partial charge in [0.25, 0.3) is 0 Å². The largest absolute Gasteiger partial charge is 0.466 e. The average Bonchev–Trinajstić information content (AvgIpc) is 3.03. The van der Waals surface area contributed by atoms with Crippen LogP contribution in [0.5, 0.6) is 0 Å². The summed E-state index contributed by atoms with van der Waals surface area (Å²) in [5.41, 5.74) is 0.460. The van der Waals surface area contributed by atoms with E-state index in [2.05, 4.69) is 20.8 Å². The van der Waals surface area contributed by atoms with E-state index in [1.165, 1.54) is 116 Å². The van der Waals surface area contributed by atoms with Crippen LogP contribution in [-0.2, 0) is 19.1 Å². The Hall–Kier alpha value is -1.04. The van der Waals surface area contributed by atoms with E-state index >= 15 is 0 Å². The molecule has 0 aliphatic rings. The normalized spacial score (nSPS) is 12.6. The molecule has 0 aromatic carbocycles. The molecule has 0 amide bonds. The van der Waals surface area contributed by atoms with E-state index in [0.717, 1.165) is 31.4 Å². The first-order valence-corrected chi connectivity index (χ1v) is 20.1. The molecule has 2 atom stereocenters. The smallest absolute Gasteiger partial charge is 0.314 e. The SMILES string of the molecule is CCCCCCCCCCCCOC(=O)CCSCCC(C(=N)CC)C(=O)OCC(CCCCCC)CCCCCCCC. The van der Waals surface area contributed by atoms with Crippen molar-refractivity contribution >= 4 is 29.4 Å². The molecule has 44 heavy (non-hydrogen) atoms. The van der Waals surface area contributed by atoms with E-state index in [1.807, 2.05) is 6.92 Å². The van der Waals surface area contributed by atoms with Crippen LogP contribution in [0.2, 0.25) is 0 Å². The molecular formula is C38H73NO4S. The number of carbonyl (C=O) groups excluding carboxylic acids is 2. The van der Waals surface area contributed by atoms with Gasteiger partial charge in [0.15, 0.2) is 0 Å². The third-order valence-corrected chi connectivity index (χ3v) is 9.76. The summed E-state index contributed by atoms with van der Waals surface area (Å²) in [5.74, 6) is 1.04. The van der Waals surface area contributed by atoms with Crippen molar-refractivity contribution in [3.63, 3.8) is 0 Å². The number of thioether (sulfide) groups is 1. The van der Waals surface area contributed by atoms with Gasteiger partial charge in [-0.25, -0.2) is 0 Å². The second-order valence-corrected chi connectivity index (χ2v) is 14.1. The highest BCUT2D eigenvalue weighted by Crippen LogP contribution is 2.22. The molecule has 0 saturated carbocycles. The van der Waals surface area contributed by atoms with Gasteiger partial charge in [0.1, 0.15) is 0 Å². The predicted octanol–water partition coefficient (Wildman–Crippen LogP) is 11.9. The molecule has 5 nitrogen and oxygen atoms in total. The van der Waals surface area contributed by atoms with E-state index in [0.29, 0.717) is 49.9 Å². The highest BCUT2D eigenvalue weighted by molar-refractivity contribution is 7.99. The van der Waals surface area contributed by atoms with Gasteiger partial charge in [-0.3, -0.25) is 9.59 Å². The number of rotatable bonds is 34. The number of esters is 2. The number of hydrogen-bond acceptors (Lipinski definition) is 6. The molecule has 0 bridgehead atoms. The fourth-order valence-electron chi connectivity index (χ4n) is 5.67. The minimum absolute atomic E-state index is 0.124. The van der Waals surface area contributed by atoms with Crippen molar-refractivity contribution in [1.82, 2.24) is 0 Å². The van der Waals surface area contributed by atoms with Crippen LogP contribution in [0.1, 0.15) is 188 Å². The molecule has 1 N–H and O–H groups in total. The number of hydrogen-bond donors (Lipinski definition) is 1. The molecule has 0 fully saturated rings. The first kappa shape index (κ1) is 43.0. The second-order valence-electron chi connectivity index (χ2n) is 12.9. The minimum Gasteiger partial charge on any atom is -0.466 e. The van der Waals surface area contributed by atoms with Crippen molar-refractivity contribution in [3.8, 4) is 0 Å². The Bertz CT molecular complexity index is 671. The summed E-state index contributed by atoms with van der Waals surface area (Å²) in [6.07, 6.45) is 29.2. The van der Waals surface area contributed by atoms with Crippen LogP contribution in [0.4, 0.5) is 0 Å². The average molecular weight is 640 g/mol. The monoisotopic (exact) mass is 640 g/mol. The summed E-state index contributed by atoms with van der Waals surface area (Å²) in [5, 5.41) is 8.40. The minimum atomic E-state index is -0.467. The third kappa shape index (κ3) is 27.3. The summed E-state index contributed by atoms with van der Waals surface area (Å²) in [6.45, 7) is 9.70. The molecular weight excluding hydrogens is 566 g/mol. The number of carbonyl (C=O) groups is 2.